The largest absolute Gasteiger partial charge is 0.494 e. The van der Waals surface area contributed by atoms with Gasteiger partial charge in [-0.3, -0.25) is 4.79 Å². The first-order valence-corrected chi connectivity index (χ1v) is 9.63. The standard InChI is InChI=1S/C19H23F3N2O2S/c1-4-6-11-24(12-19(20,21)22)18(25)16-13(3)23-17(27-16)14-7-9-15(10-8-14)26-5-2/h7-10H,4-6,11-12H2,1-3H3. The minimum atomic E-state index is -4.43. The van der Waals surface area contributed by atoms with Gasteiger partial charge in [-0.25, -0.2) is 4.98 Å². The maximum absolute atomic E-state index is 12.9. The molecule has 1 aromatic heterocycles. The van der Waals surface area contributed by atoms with Crippen LogP contribution in [0.25, 0.3) is 10.6 Å². The van der Waals surface area contributed by atoms with E-state index < -0.39 is 18.6 Å². The number of alkyl halides is 3. The van der Waals surface area contributed by atoms with E-state index in [1.165, 1.54) is 0 Å². The number of hydrogen-bond acceptors (Lipinski definition) is 4. The fraction of sp³-hybridized carbons (Fsp3) is 0.474. The number of unbranched alkanes of at least 4 members (excludes halogenated alkanes) is 1. The molecule has 0 spiro atoms. The van der Waals surface area contributed by atoms with Crippen molar-refractivity contribution in [3.8, 4) is 16.3 Å². The van der Waals surface area contributed by atoms with Gasteiger partial charge in [0, 0.05) is 12.1 Å². The number of nitrogens with zero attached hydrogens (tertiary/aromatic N) is 2. The zero-order valence-corrected chi connectivity index (χ0v) is 16.4. The van der Waals surface area contributed by atoms with Crippen molar-refractivity contribution in [3.63, 3.8) is 0 Å². The molecule has 8 heteroatoms. The van der Waals surface area contributed by atoms with E-state index in [9.17, 15) is 18.0 Å². The molecule has 27 heavy (non-hydrogen) atoms. The number of thiazole rings is 1. The van der Waals surface area contributed by atoms with E-state index in [-0.39, 0.29) is 11.4 Å². The molecule has 4 nitrogen and oxygen atoms in total. The van der Waals surface area contributed by atoms with Crippen LogP contribution in [0, 0.1) is 6.92 Å². The normalized spacial score (nSPS) is 11.5. The summed E-state index contributed by atoms with van der Waals surface area (Å²) in [4.78, 5) is 18.2. The molecule has 0 aliphatic heterocycles. The molecule has 0 fully saturated rings. The highest BCUT2D eigenvalue weighted by Crippen LogP contribution is 2.30. The number of aromatic nitrogens is 1. The summed E-state index contributed by atoms with van der Waals surface area (Å²) < 4.78 is 44.0. The van der Waals surface area contributed by atoms with E-state index in [4.69, 9.17) is 4.74 Å². The highest BCUT2D eigenvalue weighted by Gasteiger charge is 2.34. The van der Waals surface area contributed by atoms with Crippen LogP contribution in [0.2, 0.25) is 0 Å². The van der Waals surface area contributed by atoms with Gasteiger partial charge in [0.05, 0.1) is 12.3 Å². The average Bonchev–Trinajstić information content (AvgIpc) is 2.99. The molecule has 148 valence electrons. The van der Waals surface area contributed by atoms with Gasteiger partial charge in [-0.15, -0.1) is 11.3 Å². The Labute approximate surface area is 161 Å². The monoisotopic (exact) mass is 400 g/mol. The Morgan fingerprint density at radius 2 is 1.89 bits per heavy atom. The zero-order valence-electron chi connectivity index (χ0n) is 15.6. The molecule has 0 bridgehead atoms. The Balaban J connectivity index is 2.25. The van der Waals surface area contributed by atoms with Gasteiger partial charge in [0.25, 0.3) is 5.91 Å². The molecule has 1 heterocycles. The maximum atomic E-state index is 12.9. The zero-order chi connectivity index (χ0) is 20.0. The van der Waals surface area contributed by atoms with Gasteiger partial charge in [0.2, 0.25) is 0 Å². The van der Waals surface area contributed by atoms with Crippen LogP contribution >= 0.6 is 11.3 Å². The summed E-state index contributed by atoms with van der Waals surface area (Å²) in [6.07, 6.45) is -3.20. The molecule has 0 unspecified atom stereocenters. The first-order chi connectivity index (χ1) is 12.7. The van der Waals surface area contributed by atoms with E-state index in [1.807, 2.05) is 26.0 Å². The van der Waals surface area contributed by atoms with Crippen molar-refractivity contribution in [1.82, 2.24) is 9.88 Å². The van der Waals surface area contributed by atoms with Crippen molar-refractivity contribution in [2.75, 3.05) is 19.7 Å². The van der Waals surface area contributed by atoms with E-state index >= 15 is 0 Å². The van der Waals surface area contributed by atoms with Gasteiger partial charge in [0.1, 0.15) is 22.2 Å². The van der Waals surface area contributed by atoms with Crippen LogP contribution in [-0.2, 0) is 0 Å². The average molecular weight is 400 g/mol. The molecule has 2 aromatic rings. The molecular formula is C19H23F3N2O2S. The summed E-state index contributed by atoms with van der Waals surface area (Å²) in [5, 5.41) is 0.598. The topological polar surface area (TPSA) is 42.4 Å². The molecular weight excluding hydrogens is 377 g/mol. The molecule has 0 saturated heterocycles. The summed E-state index contributed by atoms with van der Waals surface area (Å²) in [6, 6.07) is 7.24. The van der Waals surface area contributed by atoms with Crippen LogP contribution in [0.5, 0.6) is 5.75 Å². The molecule has 0 aliphatic carbocycles. The molecule has 1 aromatic carbocycles. The molecule has 0 saturated carbocycles. The van der Waals surface area contributed by atoms with Crippen molar-refractivity contribution >= 4 is 17.2 Å². The van der Waals surface area contributed by atoms with E-state index in [2.05, 4.69) is 4.98 Å². The number of aryl methyl sites for hydroxylation is 1. The highest BCUT2D eigenvalue weighted by molar-refractivity contribution is 7.17. The smallest absolute Gasteiger partial charge is 0.406 e. The van der Waals surface area contributed by atoms with Crippen LogP contribution in [0.1, 0.15) is 42.1 Å². The van der Waals surface area contributed by atoms with Crippen LogP contribution in [0.4, 0.5) is 13.2 Å². The quantitative estimate of drug-likeness (QED) is 0.602. The Bertz CT molecular complexity index is 757. The maximum Gasteiger partial charge on any atom is 0.406 e. The van der Waals surface area contributed by atoms with Crippen LogP contribution in [0.15, 0.2) is 24.3 Å². The van der Waals surface area contributed by atoms with Gasteiger partial charge in [0.15, 0.2) is 0 Å². The first kappa shape index (κ1) is 21.2. The van der Waals surface area contributed by atoms with Crippen LogP contribution in [-0.4, -0.2) is 41.7 Å². The number of rotatable bonds is 8. The number of hydrogen-bond donors (Lipinski definition) is 0. The SMILES string of the molecule is CCCCN(CC(F)(F)F)C(=O)c1sc(-c2ccc(OCC)cc2)nc1C. The number of ether oxygens (including phenoxy) is 1. The molecule has 0 radical (unpaired) electrons. The van der Waals surface area contributed by atoms with Crippen molar-refractivity contribution < 1.29 is 22.7 Å². The number of halogens is 3. The third-order valence-electron chi connectivity index (χ3n) is 3.84. The predicted molar refractivity (Wildman–Crippen MR) is 100 cm³/mol. The molecule has 1 amide bonds. The van der Waals surface area contributed by atoms with Gasteiger partial charge in [-0.05, 0) is 44.5 Å². The Morgan fingerprint density at radius 1 is 1.22 bits per heavy atom. The third kappa shape index (κ3) is 5.95. The van der Waals surface area contributed by atoms with Crippen LogP contribution < -0.4 is 4.74 Å². The number of carbonyl (C=O) groups is 1. The second-order valence-electron chi connectivity index (χ2n) is 6.09. The lowest BCUT2D eigenvalue weighted by atomic mass is 10.2. The third-order valence-corrected chi connectivity index (χ3v) is 5.04. The lowest BCUT2D eigenvalue weighted by molar-refractivity contribution is -0.140. The predicted octanol–water partition coefficient (Wildman–Crippen LogP) is 5.32. The molecule has 0 aliphatic rings. The number of benzene rings is 1. The fourth-order valence-electron chi connectivity index (χ4n) is 2.54. The molecule has 0 atom stereocenters. The fourth-order valence-corrected chi connectivity index (χ4v) is 3.58. The van der Waals surface area contributed by atoms with E-state index in [0.717, 1.165) is 27.5 Å². The summed E-state index contributed by atoms with van der Waals surface area (Å²) in [7, 11) is 0. The molecule has 2 rings (SSSR count). The number of amides is 1. The van der Waals surface area contributed by atoms with Crippen LogP contribution in [0.3, 0.4) is 0 Å². The summed E-state index contributed by atoms with van der Waals surface area (Å²) in [5.74, 6) is 0.106. The van der Waals surface area contributed by atoms with E-state index in [1.54, 1.807) is 19.1 Å². The Morgan fingerprint density at radius 3 is 2.44 bits per heavy atom. The highest BCUT2D eigenvalue weighted by atomic mass is 32.1. The van der Waals surface area contributed by atoms with Gasteiger partial charge >= 0.3 is 6.18 Å². The van der Waals surface area contributed by atoms with Gasteiger partial charge in [-0.2, -0.15) is 13.2 Å². The lowest BCUT2D eigenvalue weighted by Gasteiger charge is -2.23. The Kier molecular flexibility index (Phi) is 7.24. The summed E-state index contributed by atoms with van der Waals surface area (Å²) in [5.41, 5.74) is 1.24. The van der Waals surface area contributed by atoms with E-state index in [0.29, 0.717) is 30.2 Å². The second kappa shape index (κ2) is 9.21. The van der Waals surface area contributed by atoms with Crippen molar-refractivity contribution in [2.45, 2.75) is 39.8 Å². The van der Waals surface area contributed by atoms with Gasteiger partial charge in [-0.1, -0.05) is 13.3 Å². The lowest BCUT2D eigenvalue weighted by Crippen LogP contribution is -2.39. The first-order valence-electron chi connectivity index (χ1n) is 8.81. The van der Waals surface area contributed by atoms with Crippen molar-refractivity contribution in [1.29, 1.82) is 0 Å². The van der Waals surface area contributed by atoms with Crippen molar-refractivity contribution in [2.24, 2.45) is 0 Å². The summed E-state index contributed by atoms with van der Waals surface area (Å²) >= 11 is 1.12. The van der Waals surface area contributed by atoms with Crippen molar-refractivity contribution in [3.05, 3.63) is 34.8 Å². The molecule has 0 N–H and O–H groups in total. The summed E-state index contributed by atoms with van der Waals surface area (Å²) in [6.45, 7) is 4.79. The minimum Gasteiger partial charge on any atom is -0.494 e. The van der Waals surface area contributed by atoms with Gasteiger partial charge < -0.3 is 9.64 Å². The minimum absolute atomic E-state index is 0.0740. The second-order valence-corrected chi connectivity index (χ2v) is 7.09. The Hall–Kier alpha value is -2.09. The number of carbonyl (C=O) groups excluding carboxylic acids is 1.